The molecule has 30 heavy (non-hydrogen) atoms. The Morgan fingerprint density at radius 2 is 1.60 bits per heavy atom. The maximum Gasteiger partial charge on any atom is 0.107 e. The first-order valence-electron chi connectivity index (χ1n) is 10.6. The maximum atomic E-state index is 9.00. The topological polar surface area (TPSA) is 55.7 Å². The van der Waals surface area contributed by atoms with Gasteiger partial charge in [-0.25, -0.2) is 4.98 Å². The number of halogens is 2. The highest BCUT2D eigenvalue weighted by atomic mass is 35.5. The van der Waals surface area contributed by atoms with E-state index in [0.29, 0.717) is 17.3 Å². The largest absolute Gasteiger partial charge is 0.369 e. The molecule has 1 N–H and O–H groups in total. The van der Waals surface area contributed by atoms with E-state index < -0.39 is 0 Å². The third-order valence-electron chi connectivity index (χ3n) is 5.30. The minimum absolute atomic E-state index is 0.605. The highest BCUT2D eigenvalue weighted by Gasteiger charge is 2.06. The zero-order chi connectivity index (χ0) is 21.2. The third-order valence-corrected chi connectivity index (χ3v) is 5.64. The van der Waals surface area contributed by atoms with Crippen molar-refractivity contribution in [1.29, 1.82) is 5.26 Å². The number of aromatic amines is 1. The summed E-state index contributed by atoms with van der Waals surface area (Å²) in [5.41, 5.74) is 5.11. The predicted molar refractivity (Wildman–Crippen MR) is 127 cm³/mol. The molecule has 6 heteroatoms. The number of nitrogens with one attached hydrogen (secondary N) is 1. The fourth-order valence-corrected chi connectivity index (χ4v) is 4.08. The lowest BCUT2D eigenvalue weighted by Gasteiger charge is -2.23. The van der Waals surface area contributed by atoms with Crippen LogP contribution in [0.4, 0.5) is 5.69 Å². The molecule has 1 aromatic heterocycles. The van der Waals surface area contributed by atoms with Gasteiger partial charge in [0.15, 0.2) is 0 Å². The molecule has 0 aliphatic carbocycles. The third kappa shape index (κ3) is 6.39. The molecule has 0 aliphatic heterocycles. The molecule has 0 unspecified atom stereocenters. The minimum atomic E-state index is 0.605. The molecular formula is C24H28Cl2N4. The zero-order valence-corrected chi connectivity index (χ0v) is 18.7. The summed E-state index contributed by atoms with van der Waals surface area (Å²) < 4.78 is 0. The van der Waals surface area contributed by atoms with Crippen LogP contribution in [0.5, 0.6) is 0 Å². The second-order valence-corrected chi connectivity index (χ2v) is 8.23. The molecule has 1 heterocycles. The number of nitrogens with zero attached hydrogens (tertiary/aromatic N) is 3. The Morgan fingerprint density at radius 3 is 2.27 bits per heavy atom. The van der Waals surface area contributed by atoms with E-state index in [4.69, 9.17) is 28.5 Å². The molecule has 0 spiro atoms. The number of hydrogen-bond acceptors (Lipinski definition) is 3. The molecule has 4 nitrogen and oxygen atoms in total. The predicted octanol–water partition coefficient (Wildman–Crippen LogP) is 6.06. The fourth-order valence-electron chi connectivity index (χ4n) is 3.67. The lowest BCUT2D eigenvalue weighted by atomic mass is 10.0. The second kappa shape index (κ2) is 11.8. The van der Waals surface area contributed by atoms with Gasteiger partial charge in [-0.1, -0.05) is 25.0 Å². The normalized spacial score (nSPS) is 11.0. The Bertz CT molecular complexity index is 953. The Kier molecular flexibility index (Phi) is 8.86. The van der Waals surface area contributed by atoms with Crippen LogP contribution in [0.15, 0.2) is 42.5 Å². The van der Waals surface area contributed by atoms with E-state index in [0.717, 1.165) is 49.2 Å². The molecule has 2 aromatic carbocycles. The van der Waals surface area contributed by atoms with Crippen molar-refractivity contribution in [2.75, 3.05) is 29.7 Å². The summed E-state index contributed by atoms with van der Waals surface area (Å²) in [6.07, 6.45) is 6.77. The first kappa shape index (κ1) is 22.5. The van der Waals surface area contributed by atoms with Gasteiger partial charge >= 0.3 is 0 Å². The van der Waals surface area contributed by atoms with Crippen LogP contribution in [0.3, 0.4) is 0 Å². The first-order valence-corrected chi connectivity index (χ1v) is 11.6. The second-order valence-electron chi connectivity index (χ2n) is 7.47. The quantitative estimate of drug-likeness (QED) is 0.273. The Morgan fingerprint density at radius 1 is 0.900 bits per heavy atom. The number of alkyl halides is 2. The van der Waals surface area contributed by atoms with Gasteiger partial charge in [-0.15, -0.1) is 23.2 Å². The van der Waals surface area contributed by atoms with Gasteiger partial charge < -0.3 is 9.88 Å². The summed E-state index contributed by atoms with van der Waals surface area (Å²) in [4.78, 5) is 10.2. The van der Waals surface area contributed by atoms with Gasteiger partial charge in [0.2, 0.25) is 0 Å². The van der Waals surface area contributed by atoms with E-state index in [1.807, 2.05) is 18.2 Å². The van der Waals surface area contributed by atoms with Crippen LogP contribution in [0.1, 0.15) is 42.6 Å². The molecule has 158 valence electrons. The molecule has 0 fully saturated rings. The van der Waals surface area contributed by atoms with Crippen molar-refractivity contribution in [2.45, 2.75) is 38.5 Å². The number of benzene rings is 2. The molecule has 0 saturated carbocycles. The smallest absolute Gasteiger partial charge is 0.107 e. The van der Waals surface area contributed by atoms with Crippen molar-refractivity contribution in [3.8, 4) is 6.07 Å². The number of nitriles is 1. The Balaban J connectivity index is 1.37. The van der Waals surface area contributed by atoms with Gasteiger partial charge in [0.1, 0.15) is 5.82 Å². The summed E-state index contributed by atoms with van der Waals surface area (Å²) in [6, 6.07) is 16.5. The monoisotopic (exact) mass is 442 g/mol. The van der Waals surface area contributed by atoms with Crippen LogP contribution in [-0.4, -0.2) is 34.8 Å². The van der Waals surface area contributed by atoms with Crippen LogP contribution in [-0.2, 0) is 12.8 Å². The van der Waals surface area contributed by atoms with Gasteiger partial charge in [-0.2, -0.15) is 5.26 Å². The van der Waals surface area contributed by atoms with Crippen molar-refractivity contribution in [3.63, 3.8) is 0 Å². The molecule has 0 bridgehead atoms. The number of H-pyrrole nitrogens is 1. The molecule has 0 aliphatic rings. The van der Waals surface area contributed by atoms with E-state index in [2.05, 4.69) is 45.2 Å². The number of hydrogen-bond donors (Lipinski definition) is 1. The van der Waals surface area contributed by atoms with E-state index >= 15 is 0 Å². The van der Waals surface area contributed by atoms with Crippen LogP contribution < -0.4 is 4.90 Å². The van der Waals surface area contributed by atoms with E-state index in [9.17, 15) is 0 Å². The van der Waals surface area contributed by atoms with Crippen molar-refractivity contribution in [1.82, 2.24) is 9.97 Å². The molecule has 3 rings (SSSR count). The lowest BCUT2D eigenvalue weighted by molar-refractivity contribution is 0.632. The van der Waals surface area contributed by atoms with Crippen LogP contribution in [0.2, 0.25) is 0 Å². The molecule has 0 saturated heterocycles. The van der Waals surface area contributed by atoms with Crippen molar-refractivity contribution >= 4 is 39.9 Å². The van der Waals surface area contributed by atoms with Crippen molar-refractivity contribution in [2.24, 2.45) is 0 Å². The number of unbranched alkanes of at least 4 members (excludes halogenated alkanes) is 3. The summed E-state index contributed by atoms with van der Waals surface area (Å²) in [6.45, 7) is 1.64. The van der Waals surface area contributed by atoms with E-state index in [1.54, 1.807) is 0 Å². The lowest BCUT2D eigenvalue weighted by Crippen LogP contribution is -2.27. The molecular weight excluding hydrogens is 415 g/mol. The summed E-state index contributed by atoms with van der Waals surface area (Å²) in [5, 5.41) is 9.00. The number of imidazole rings is 1. The van der Waals surface area contributed by atoms with E-state index in [-0.39, 0.29) is 0 Å². The maximum absolute atomic E-state index is 9.00. The average molecular weight is 443 g/mol. The molecule has 0 amide bonds. The van der Waals surface area contributed by atoms with Gasteiger partial charge in [0.05, 0.1) is 22.7 Å². The standard InChI is InChI=1S/C24H28Cl2N4/c25-13-15-30(16-14-26)21-10-7-19(8-11-21)5-3-1-2-4-6-24-28-22-12-9-20(18-27)17-23(22)29-24/h7-12,17H,1-6,13-16H2,(H,28,29). The average Bonchev–Trinajstić information content (AvgIpc) is 3.18. The van der Waals surface area contributed by atoms with E-state index in [1.165, 1.54) is 30.5 Å². The number of rotatable bonds is 12. The number of aromatic nitrogens is 2. The summed E-state index contributed by atoms with van der Waals surface area (Å²) in [7, 11) is 0. The van der Waals surface area contributed by atoms with Gasteiger partial charge in [0.25, 0.3) is 0 Å². The summed E-state index contributed by atoms with van der Waals surface area (Å²) in [5.74, 6) is 2.22. The van der Waals surface area contributed by atoms with Gasteiger partial charge in [-0.05, 0) is 55.2 Å². The number of aryl methyl sites for hydroxylation is 2. The highest BCUT2D eigenvalue weighted by Crippen LogP contribution is 2.18. The zero-order valence-electron chi connectivity index (χ0n) is 17.2. The van der Waals surface area contributed by atoms with Crippen molar-refractivity contribution in [3.05, 3.63) is 59.4 Å². The van der Waals surface area contributed by atoms with Crippen LogP contribution >= 0.6 is 23.2 Å². The fraction of sp³-hybridized carbons (Fsp3) is 0.417. The SMILES string of the molecule is N#Cc1ccc2nc(CCCCCCc3ccc(N(CCCl)CCCl)cc3)[nH]c2c1. The molecule has 0 atom stereocenters. The summed E-state index contributed by atoms with van der Waals surface area (Å²) >= 11 is 11.8. The number of anilines is 1. The molecule has 3 aromatic rings. The molecule has 0 radical (unpaired) electrons. The van der Waals surface area contributed by atoms with Gasteiger partial charge in [-0.3, -0.25) is 0 Å². The van der Waals surface area contributed by atoms with Gasteiger partial charge in [0, 0.05) is 37.0 Å². The Hall–Kier alpha value is -2.22. The van der Waals surface area contributed by atoms with Crippen molar-refractivity contribution < 1.29 is 0 Å². The minimum Gasteiger partial charge on any atom is -0.369 e. The van der Waals surface area contributed by atoms with Crippen LogP contribution in [0.25, 0.3) is 11.0 Å². The first-order chi connectivity index (χ1) is 14.7. The van der Waals surface area contributed by atoms with Crippen LogP contribution in [0, 0.1) is 11.3 Å². The highest BCUT2D eigenvalue weighted by molar-refractivity contribution is 6.18. The number of fused-ring (bicyclic) bond motifs is 1. The Labute approximate surface area is 188 Å².